The first kappa shape index (κ1) is 39.3. The minimum Gasteiger partial charge on any atom is -0.497 e. The molecule has 0 bridgehead atoms. The van der Waals surface area contributed by atoms with Gasteiger partial charge in [0.05, 0.1) is 24.7 Å². The molecule has 0 saturated carbocycles. The Balaban J connectivity index is 2.02. The van der Waals surface area contributed by atoms with Crippen molar-refractivity contribution in [2.24, 2.45) is 5.41 Å². The lowest BCUT2D eigenvalue weighted by Crippen LogP contribution is -2.37. The summed E-state index contributed by atoms with van der Waals surface area (Å²) >= 11 is 0. The van der Waals surface area contributed by atoms with E-state index in [-0.39, 0.29) is 42.2 Å². The highest BCUT2D eigenvalue weighted by Crippen LogP contribution is 2.32. The maximum atomic E-state index is 13.7. The van der Waals surface area contributed by atoms with Crippen LogP contribution >= 0.6 is 0 Å². The monoisotopic (exact) mass is 694 g/mol. The lowest BCUT2D eigenvalue weighted by molar-refractivity contribution is -0.125. The maximum Gasteiger partial charge on any atom is 0.420 e. The fourth-order valence-electron chi connectivity index (χ4n) is 4.88. The Kier molecular flexibility index (Phi) is 12.6. The van der Waals surface area contributed by atoms with Gasteiger partial charge in [-0.2, -0.15) is 0 Å². The van der Waals surface area contributed by atoms with E-state index in [1.165, 1.54) is 51.4 Å². The number of ether oxygens (including phenoxy) is 3. The van der Waals surface area contributed by atoms with Gasteiger partial charge >= 0.3 is 12.2 Å². The molecule has 0 saturated heterocycles. The fourth-order valence-corrected chi connectivity index (χ4v) is 4.88. The van der Waals surface area contributed by atoms with E-state index in [4.69, 9.17) is 19.2 Å². The molecule has 0 aliphatic rings. The number of carbonyl (C=O) groups excluding carboxylic acids is 4. The molecule has 0 fully saturated rings. The zero-order valence-electron chi connectivity index (χ0n) is 30.9. The van der Waals surface area contributed by atoms with Gasteiger partial charge in [-0.1, -0.05) is 26.8 Å². The number of methoxy groups -OCH3 is 1. The Morgan fingerprint density at radius 2 is 1.70 bits per heavy atom. The smallest absolute Gasteiger partial charge is 0.420 e. The molecule has 3 aromatic rings. The Hall–Kier alpha value is -5.14. The van der Waals surface area contributed by atoms with Crippen LogP contribution in [0.5, 0.6) is 5.75 Å². The first-order valence-electron chi connectivity index (χ1n) is 16.3. The number of carbonyl (C=O) groups is 4. The second-order valence-corrected chi connectivity index (χ2v) is 14.6. The summed E-state index contributed by atoms with van der Waals surface area (Å²) in [5.74, 6) is -0.174. The number of hydrogen-bond donors (Lipinski definition) is 1. The Morgan fingerprint density at radius 1 is 1.02 bits per heavy atom. The highest BCUT2D eigenvalue weighted by Gasteiger charge is 2.28. The summed E-state index contributed by atoms with van der Waals surface area (Å²) in [6.45, 7) is 11.4. The molecule has 3 rings (SSSR count). The molecule has 1 aromatic carbocycles. The van der Waals surface area contributed by atoms with Crippen LogP contribution in [0.3, 0.4) is 0 Å². The summed E-state index contributed by atoms with van der Waals surface area (Å²) < 4.78 is 19.4. The van der Waals surface area contributed by atoms with Crippen LogP contribution in [0, 0.1) is 5.41 Å². The van der Waals surface area contributed by atoms with E-state index in [2.05, 4.69) is 26.1 Å². The van der Waals surface area contributed by atoms with Crippen LogP contribution in [0.2, 0.25) is 0 Å². The minimum absolute atomic E-state index is 0.0594. The summed E-state index contributed by atoms with van der Waals surface area (Å²) in [7, 11) is 7.74. The third-order valence-corrected chi connectivity index (χ3v) is 7.20. The van der Waals surface area contributed by atoms with Crippen LogP contribution in [-0.4, -0.2) is 94.9 Å². The molecule has 272 valence electrons. The topological polar surface area (TPSA) is 154 Å². The van der Waals surface area contributed by atoms with Crippen molar-refractivity contribution >= 4 is 40.7 Å². The van der Waals surface area contributed by atoms with Crippen LogP contribution in [0.25, 0.3) is 11.0 Å². The zero-order chi connectivity index (χ0) is 37.6. The predicted molar refractivity (Wildman–Crippen MR) is 191 cm³/mol. The molecule has 0 aliphatic carbocycles. The van der Waals surface area contributed by atoms with Gasteiger partial charge in [0.25, 0.3) is 11.5 Å². The van der Waals surface area contributed by atoms with Gasteiger partial charge < -0.3 is 33.9 Å². The van der Waals surface area contributed by atoms with Crippen molar-refractivity contribution in [2.45, 2.75) is 79.1 Å². The fraction of sp³-hybridized carbons (Fsp3) is 0.500. The van der Waals surface area contributed by atoms with Gasteiger partial charge in [-0.15, -0.1) is 0 Å². The number of anilines is 1. The SMILES string of the molecule is COc1cc(CC(C)(C)C)c2nc(Cn3cccc(NC(=O)[C@H](CC/C=C/C(=O)N(C)C)OC(=O)N(C)C)c3=O)n(C(=O)OC(C)(C)C)c2c1. The van der Waals surface area contributed by atoms with Crippen LogP contribution in [-0.2, 0) is 32.0 Å². The van der Waals surface area contributed by atoms with Gasteiger partial charge in [0.2, 0.25) is 5.91 Å². The van der Waals surface area contributed by atoms with E-state index in [0.29, 0.717) is 23.2 Å². The first-order chi connectivity index (χ1) is 23.2. The first-order valence-corrected chi connectivity index (χ1v) is 16.3. The quantitative estimate of drug-likeness (QED) is 0.272. The number of allylic oxidation sites excluding steroid dienone is 1. The number of fused-ring (bicyclic) bond motifs is 1. The number of amides is 3. The molecule has 14 nitrogen and oxygen atoms in total. The predicted octanol–water partition coefficient (Wildman–Crippen LogP) is 5.06. The van der Waals surface area contributed by atoms with Crippen molar-refractivity contribution < 1.29 is 33.4 Å². The van der Waals surface area contributed by atoms with Crippen molar-refractivity contribution in [2.75, 3.05) is 40.6 Å². The number of imidazole rings is 1. The van der Waals surface area contributed by atoms with Crippen molar-refractivity contribution in [3.8, 4) is 5.75 Å². The number of nitrogens with zero attached hydrogens (tertiary/aromatic N) is 5. The standard InChI is InChI=1S/C36H50N6O8/c1-35(2,3)21-23-19-24(48-11)20-26-30(23)38-28(42(26)34(47)50-36(4,5)6)22-41-18-14-15-25(32(41)45)37-31(44)27(49-33(46)40(9)10)16-12-13-17-29(43)39(7)8/h13-15,17-20,27H,12,16,21-22H2,1-11H3,(H,37,44)/b17-13+/t27-/m0/s1. The minimum atomic E-state index is -1.26. The van der Waals surface area contributed by atoms with E-state index in [0.717, 1.165) is 5.56 Å². The Bertz CT molecular complexity index is 1810. The van der Waals surface area contributed by atoms with Gasteiger partial charge in [-0.25, -0.2) is 19.1 Å². The maximum absolute atomic E-state index is 13.7. The molecule has 50 heavy (non-hydrogen) atoms. The van der Waals surface area contributed by atoms with E-state index in [9.17, 15) is 24.0 Å². The average molecular weight is 695 g/mol. The number of likely N-dealkylation sites (N-methyl/N-ethyl adjacent to an activating group) is 1. The molecule has 14 heteroatoms. The zero-order valence-corrected chi connectivity index (χ0v) is 30.9. The number of hydrogen-bond acceptors (Lipinski definition) is 9. The summed E-state index contributed by atoms with van der Waals surface area (Å²) in [6.07, 6.45) is 2.74. The molecule has 2 aromatic heterocycles. The van der Waals surface area contributed by atoms with Gasteiger partial charge in [0.1, 0.15) is 22.9 Å². The van der Waals surface area contributed by atoms with Crippen molar-refractivity contribution in [3.05, 3.63) is 64.4 Å². The van der Waals surface area contributed by atoms with E-state index in [1.807, 2.05) is 6.07 Å². The normalized spacial score (nSPS) is 12.5. The lowest BCUT2D eigenvalue weighted by Gasteiger charge is -2.21. The van der Waals surface area contributed by atoms with Crippen molar-refractivity contribution in [1.82, 2.24) is 23.9 Å². The van der Waals surface area contributed by atoms with Crippen molar-refractivity contribution in [1.29, 1.82) is 0 Å². The number of pyridine rings is 1. The Labute approximate surface area is 293 Å². The van der Waals surface area contributed by atoms with Crippen LogP contribution in [0.4, 0.5) is 15.3 Å². The van der Waals surface area contributed by atoms with Gasteiger partial charge in [-0.3, -0.25) is 14.4 Å². The van der Waals surface area contributed by atoms with Crippen molar-refractivity contribution in [3.63, 3.8) is 0 Å². The van der Waals surface area contributed by atoms with Crippen LogP contribution in [0.1, 0.15) is 65.8 Å². The number of rotatable bonds is 11. The summed E-state index contributed by atoms with van der Waals surface area (Å²) in [6, 6.07) is 6.60. The summed E-state index contributed by atoms with van der Waals surface area (Å²) in [5.41, 5.74) is 0.328. The number of aromatic nitrogens is 3. The largest absolute Gasteiger partial charge is 0.497 e. The summed E-state index contributed by atoms with van der Waals surface area (Å²) in [4.78, 5) is 72.5. The molecular weight excluding hydrogens is 644 g/mol. The van der Waals surface area contributed by atoms with Gasteiger partial charge in [0, 0.05) is 40.5 Å². The Morgan fingerprint density at radius 3 is 2.28 bits per heavy atom. The third kappa shape index (κ3) is 10.7. The van der Waals surface area contributed by atoms with E-state index >= 15 is 0 Å². The van der Waals surface area contributed by atoms with E-state index < -0.39 is 35.4 Å². The van der Waals surface area contributed by atoms with E-state index in [1.54, 1.807) is 60.2 Å². The van der Waals surface area contributed by atoms with Crippen LogP contribution < -0.4 is 15.6 Å². The molecule has 2 heterocycles. The third-order valence-electron chi connectivity index (χ3n) is 7.20. The molecule has 0 spiro atoms. The molecule has 0 aliphatic heterocycles. The highest BCUT2D eigenvalue weighted by atomic mass is 16.6. The molecular formula is C36H50N6O8. The van der Waals surface area contributed by atoms with Gasteiger partial charge in [0.15, 0.2) is 6.10 Å². The molecule has 0 radical (unpaired) electrons. The average Bonchev–Trinajstić information content (AvgIpc) is 3.36. The van der Waals surface area contributed by atoms with Crippen LogP contribution in [0.15, 0.2) is 47.4 Å². The number of benzene rings is 1. The molecule has 0 unspecified atom stereocenters. The second-order valence-electron chi connectivity index (χ2n) is 14.6. The highest BCUT2D eigenvalue weighted by molar-refractivity contribution is 5.95. The van der Waals surface area contributed by atoms with Gasteiger partial charge in [-0.05, 0) is 75.3 Å². The second kappa shape index (κ2) is 16.0. The molecule has 1 atom stereocenters. The lowest BCUT2D eigenvalue weighted by atomic mass is 9.87. The molecule has 1 N–H and O–H groups in total. The molecule has 3 amide bonds. The number of nitrogens with one attached hydrogen (secondary N) is 1. The summed E-state index contributed by atoms with van der Waals surface area (Å²) in [5, 5.41) is 2.59.